The van der Waals surface area contributed by atoms with Crippen molar-refractivity contribution in [1.82, 2.24) is 5.32 Å². The van der Waals surface area contributed by atoms with E-state index in [4.69, 9.17) is 11.6 Å². The smallest absolute Gasteiger partial charge is 0.326 e. The van der Waals surface area contributed by atoms with Gasteiger partial charge in [0, 0.05) is 17.9 Å². The van der Waals surface area contributed by atoms with Gasteiger partial charge in [0.1, 0.15) is 6.04 Å². The van der Waals surface area contributed by atoms with E-state index in [1.807, 2.05) is 12.1 Å². The predicted octanol–water partition coefficient (Wildman–Crippen LogP) is 10.2. The van der Waals surface area contributed by atoms with E-state index < -0.39 is 12.0 Å². The van der Waals surface area contributed by atoms with E-state index in [-0.39, 0.29) is 45.5 Å². The van der Waals surface area contributed by atoms with Crippen molar-refractivity contribution < 1.29 is 19.8 Å². The molecule has 1 amide bonds. The number of carbonyl (C=O) groups is 2. The summed E-state index contributed by atoms with van der Waals surface area (Å²) in [6.45, 7) is 17.5. The number of hydrogen-bond acceptors (Lipinski definition) is 3. The first kappa shape index (κ1) is 36.9. The fourth-order valence-electron chi connectivity index (χ4n) is 12.9. The molecule has 5 aliphatic rings. The number of carboxylic acids is 1. The standard InChI is InChI=1S/C43H64ClNO4/c1-38(2)21-23-43(18-9-8-13-36(47)45-32(37(48)49)26-28-11-10-12-29(44)25-28)24-22-41(6)30(31(43)27-38)14-15-34-40(5)19-17-35(46)39(3,4)33(40)16-20-42(34,41)7/h10-12,14,25,31-35,46H,8-9,13,15-24,26-27H2,1-7H3,(H,45,47)(H,48,49)/t31-,32?,33-,34+,35-,40-,41+,42+,43+/m0/s1. The zero-order valence-corrected chi connectivity index (χ0v) is 32.2. The van der Waals surface area contributed by atoms with Gasteiger partial charge in [-0.05, 0) is 145 Å². The Hall–Kier alpha value is -1.85. The number of benzene rings is 1. The lowest BCUT2D eigenvalue weighted by Gasteiger charge is -2.71. The van der Waals surface area contributed by atoms with Gasteiger partial charge in [-0.3, -0.25) is 4.79 Å². The Kier molecular flexibility index (Phi) is 9.78. The lowest BCUT2D eigenvalue weighted by Crippen LogP contribution is -2.64. The molecule has 0 bridgehead atoms. The van der Waals surface area contributed by atoms with Gasteiger partial charge in [-0.25, -0.2) is 4.79 Å². The molecule has 4 fully saturated rings. The SMILES string of the molecule is CC1(C)CC[C@]2(CCCCC(=O)NC(Cc3cccc(Cl)c3)C(=O)O)CC[C@]3(C)C(=CC[C@@H]4[C@@]5(C)CC[C@H](O)C(C)(C)[C@@H]5CC[C@]43C)[C@@H]2C1. The minimum absolute atomic E-state index is 0.0318. The Morgan fingerprint density at radius 3 is 2.39 bits per heavy atom. The maximum Gasteiger partial charge on any atom is 0.326 e. The molecule has 49 heavy (non-hydrogen) atoms. The molecule has 0 aromatic heterocycles. The molecule has 4 saturated carbocycles. The minimum Gasteiger partial charge on any atom is -0.480 e. The van der Waals surface area contributed by atoms with E-state index in [1.165, 1.54) is 51.4 Å². The molecule has 1 unspecified atom stereocenters. The number of carboxylic acid groups (broad SMARTS) is 1. The third-order valence-electron chi connectivity index (χ3n) is 16.1. The molecule has 5 aliphatic carbocycles. The Morgan fingerprint density at radius 2 is 1.67 bits per heavy atom. The number of carbonyl (C=O) groups excluding carboxylic acids is 1. The number of amides is 1. The van der Waals surface area contributed by atoms with E-state index in [9.17, 15) is 19.8 Å². The molecule has 272 valence electrons. The van der Waals surface area contributed by atoms with Crippen LogP contribution in [-0.4, -0.2) is 34.2 Å². The Balaban J connectivity index is 1.16. The Bertz CT molecular complexity index is 1470. The van der Waals surface area contributed by atoms with Gasteiger partial charge in [0.15, 0.2) is 0 Å². The number of aliphatic carboxylic acids is 1. The molecule has 0 aliphatic heterocycles. The van der Waals surface area contributed by atoms with Gasteiger partial charge in [-0.15, -0.1) is 0 Å². The first-order chi connectivity index (χ1) is 22.9. The molecule has 6 rings (SSSR count). The van der Waals surface area contributed by atoms with Crippen LogP contribution in [0.5, 0.6) is 0 Å². The molecule has 5 nitrogen and oxygen atoms in total. The summed E-state index contributed by atoms with van der Waals surface area (Å²) < 4.78 is 0. The summed E-state index contributed by atoms with van der Waals surface area (Å²) in [5.41, 5.74) is 3.87. The van der Waals surface area contributed by atoms with Crippen molar-refractivity contribution in [1.29, 1.82) is 0 Å². The number of aliphatic hydroxyl groups excluding tert-OH is 1. The maximum absolute atomic E-state index is 13.0. The quantitative estimate of drug-likeness (QED) is 0.177. The zero-order valence-electron chi connectivity index (χ0n) is 31.5. The highest BCUT2D eigenvalue weighted by atomic mass is 35.5. The van der Waals surface area contributed by atoms with Crippen molar-refractivity contribution in [3.8, 4) is 0 Å². The lowest BCUT2D eigenvalue weighted by molar-refractivity contribution is -0.203. The normalized spacial score (nSPS) is 39.7. The van der Waals surface area contributed by atoms with Gasteiger partial charge in [0.2, 0.25) is 5.91 Å². The van der Waals surface area contributed by atoms with Crippen LogP contribution in [0.25, 0.3) is 0 Å². The van der Waals surface area contributed by atoms with Crippen LogP contribution in [0, 0.1) is 50.2 Å². The van der Waals surface area contributed by atoms with E-state index in [0.717, 1.165) is 37.7 Å². The molecule has 0 saturated heterocycles. The van der Waals surface area contributed by atoms with Crippen molar-refractivity contribution in [3.05, 3.63) is 46.5 Å². The highest BCUT2D eigenvalue weighted by Crippen LogP contribution is 2.76. The second kappa shape index (κ2) is 13.0. The van der Waals surface area contributed by atoms with E-state index >= 15 is 0 Å². The van der Waals surface area contributed by atoms with Crippen LogP contribution in [0.4, 0.5) is 0 Å². The molecule has 9 atom stereocenters. The van der Waals surface area contributed by atoms with Gasteiger partial charge in [-0.2, -0.15) is 0 Å². The number of halogens is 1. The van der Waals surface area contributed by atoms with E-state index in [2.05, 4.69) is 59.9 Å². The number of aliphatic hydroxyl groups is 1. The van der Waals surface area contributed by atoms with Crippen LogP contribution in [0.2, 0.25) is 5.02 Å². The summed E-state index contributed by atoms with van der Waals surface area (Å²) in [4.78, 5) is 25.0. The predicted molar refractivity (Wildman–Crippen MR) is 198 cm³/mol. The molecular weight excluding hydrogens is 630 g/mol. The summed E-state index contributed by atoms with van der Waals surface area (Å²) in [7, 11) is 0. The first-order valence-corrected chi connectivity index (χ1v) is 19.9. The monoisotopic (exact) mass is 693 g/mol. The van der Waals surface area contributed by atoms with Gasteiger partial charge in [-0.1, -0.05) is 90.3 Å². The summed E-state index contributed by atoms with van der Waals surface area (Å²) in [5, 5.41) is 24.2. The van der Waals surface area contributed by atoms with Gasteiger partial charge in [0.25, 0.3) is 0 Å². The number of unbranched alkanes of at least 4 members (excludes halogenated alkanes) is 1. The number of allylic oxidation sites excluding steroid dienone is 2. The lowest BCUT2D eigenvalue weighted by atomic mass is 9.33. The first-order valence-electron chi connectivity index (χ1n) is 19.5. The average Bonchev–Trinajstić information content (AvgIpc) is 3.01. The highest BCUT2D eigenvalue weighted by Gasteiger charge is 2.68. The molecule has 0 radical (unpaired) electrons. The summed E-state index contributed by atoms with van der Waals surface area (Å²) in [6.07, 6.45) is 18.1. The molecule has 0 heterocycles. The molecule has 0 spiro atoms. The van der Waals surface area contributed by atoms with Crippen molar-refractivity contribution in [2.75, 3.05) is 0 Å². The van der Waals surface area contributed by atoms with E-state index in [1.54, 1.807) is 17.7 Å². The van der Waals surface area contributed by atoms with Crippen LogP contribution in [0.3, 0.4) is 0 Å². The van der Waals surface area contributed by atoms with Crippen LogP contribution in [-0.2, 0) is 16.0 Å². The van der Waals surface area contributed by atoms with Crippen molar-refractivity contribution in [3.63, 3.8) is 0 Å². The fourth-order valence-corrected chi connectivity index (χ4v) is 13.1. The molecule has 1 aromatic carbocycles. The summed E-state index contributed by atoms with van der Waals surface area (Å²) in [6, 6.07) is 6.22. The van der Waals surface area contributed by atoms with Crippen LogP contribution < -0.4 is 5.32 Å². The summed E-state index contributed by atoms with van der Waals surface area (Å²) in [5.74, 6) is 0.604. The average molecular weight is 694 g/mol. The van der Waals surface area contributed by atoms with Gasteiger partial charge < -0.3 is 15.5 Å². The highest BCUT2D eigenvalue weighted by molar-refractivity contribution is 6.30. The van der Waals surface area contributed by atoms with E-state index in [0.29, 0.717) is 34.6 Å². The number of hydrogen-bond donors (Lipinski definition) is 3. The topological polar surface area (TPSA) is 86.6 Å². The van der Waals surface area contributed by atoms with Crippen LogP contribution in [0.1, 0.15) is 144 Å². The molecule has 3 N–H and O–H groups in total. The van der Waals surface area contributed by atoms with Crippen molar-refractivity contribution >= 4 is 23.5 Å². The second-order valence-electron chi connectivity index (χ2n) is 19.5. The fraction of sp³-hybridized carbons (Fsp3) is 0.767. The van der Waals surface area contributed by atoms with Gasteiger partial charge >= 0.3 is 5.97 Å². The third kappa shape index (κ3) is 6.34. The Labute approximate surface area is 301 Å². The van der Waals surface area contributed by atoms with Crippen molar-refractivity contribution in [2.24, 2.45) is 50.2 Å². The molecule has 6 heteroatoms. The number of nitrogens with one attached hydrogen (secondary N) is 1. The number of fused-ring (bicyclic) bond motifs is 7. The minimum atomic E-state index is -1.02. The second-order valence-corrected chi connectivity index (χ2v) is 19.9. The zero-order chi connectivity index (χ0) is 35.6. The summed E-state index contributed by atoms with van der Waals surface area (Å²) >= 11 is 6.11. The number of rotatable bonds is 9. The molecule has 1 aromatic rings. The van der Waals surface area contributed by atoms with Crippen LogP contribution in [0.15, 0.2) is 35.9 Å². The van der Waals surface area contributed by atoms with Crippen molar-refractivity contribution in [2.45, 2.75) is 157 Å². The Morgan fingerprint density at radius 1 is 0.939 bits per heavy atom. The van der Waals surface area contributed by atoms with Crippen LogP contribution >= 0.6 is 11.6 Å². The molecular formula is C43H64ClNO4. The largest absolute Gasteiger partial charge is 0.480 e. The maximum atomic E-state index is 13.0. The van der Waals surface area contributed by atoms with Gasteiger partial charge in [0.05, 0.1) is 6.10 Å². The third-order valence-corrected chi connectivity index (χ3v) is 16.3.